The molecule has 0 aliphatic heterocycles. The second-order valence-electron chi connectivity index (χ2n) is 3.49. The van der Waals surface area contributed by atoms with Crippen molar-refractivity contribution < 1.29 is 18.3 Å². The van der Waals surface area contributed by atoms with E-state index in [4.69, 9.17) is 16.3 Å². The number of ether oxygens (including phenoxy) is 1. The Labute approximate surface area is 106 Å². The molecule has 2 rings (SSSR count). The molecule has 3 nitrogen and oxygen atoms in total. The Kier molecular flexibility index (Phi) is 3.43. The van der Waals surface area contributed by atoms with E-state index in [1.165, 1.54) is 0 Å². The van der Waals surface area contributed by atoms with Crippen molar-refractivity contribution in [3.63, 3.8) is 0 Å². The number of carbonyl (C=O) groups is 1. The third-order valence-corrected chi connectivity index (χ3v) is 2.73. The van der Waals surface area contributed by atoms with Gasteiger partial charge in [-0.15, -0.1) is 0 Å². The van der Waals surface area contributed by atoms with Crippen LogP contribution in [0.1, 0.15) is 17.3 Å². The summed E-state index contributed by atoms with van der Waals surface area (Å²) in [6.07, 6.45) is 1.11. The van der Waals surface area contributed by atoms with Gasteiger partial charge >= 0.3 is 5.97 Å². The van der Waals surface area contributed by atoms with Gasteiger partial charge in [-0.05, 0) is 13.0 Å². The maximum absolute atomic E-state index is 13.4. The average molecular weight is 272 g/mol. The number of nitrogens with zero attached hydrogens (tertiary/aromatic N) is 1. The number of carbonyl (C=O) groups excluding carboxylic acids is 1. The minimum atomic E-state index is -0.831. The van der Waals surface area contributed by atoms with Crippen LogP contribution in [-0.2, 0) is 4.74 Å². The molecule has 0 unspecified atom stereocenters. The Morgan fingerprint density at radius 1 is 1.44 bits per heavy atom. The van der Waals surface area contributed by atoms with Crippen LogP contribution in [0.5, 0.6) is 0 Å². The lowest BCUT2D eigenvalue weighted by atomic mass is 10.1. The summed E-state index contributed by atoms with van der Waals surface area (Å²) in [5.41, 5.74) is -0.106. The first-order chi connectivity index (χ1) is 8.54. The normalized spacial score (nSPS) is 10.7. The van der Waals surface area contributed by atoms with Gasteiger partial charge in [0, 0.05) is 17.6 Å². The third-order valence-electron chi connectivity index (χ3n) is 2.32. The molecule has 0 spiro atoms. The first kappa shape index (κ1) is 12.7. The van der Waals surface area contributed by atoms with E-state index < -0.39 is 17.6 Å². The van der Waals surface area contributed by atoms with Crippen LogP contribution in [0.3, 0.4) is 0 Å². The first-order valence-corrected chi connectivity index (χ1v) is 5.52. The fraction of sp³-hybridized carbons (Fsp3) is 0.167. The van der Waals surface area contributed by atoms with Crippen molar-refractivity contribution >= 4 is 28.5 Å². The van der Waals surface area contributed by atoms with Gasteiger partial charge in [0.15, 0.2) is 5.82 Å². The summed E-state index contributed by atoms with van der Waals surface area (Å²) in [5.74, 6) is -2.30. The molecule has 1 heterocycles. The molecular weight excluding hydrogens is 264 g/mol. The van der Waals surface area contributed by atoms with Gasteiger partial charge in [-0.1, -0.05) is 11.6 Å². The summed E-state index contributed by atoms with van der Waals surface area (Å²) < 4.78 is 31.3. The molecule has 2 aromatic rings. The molecule has 18 heavy (non-hydrogen) atoms. The largest absolute Gasteiger partial charge is 0.462 e. The monoisotopic (exact) mass is 271 g/mol. The molecule has 0 aliphatic carbocycles. The molecule has 1 aromatic carbocycles. The molecule has 0 N–H and O–H groups in total. The van der Waals surface area contributed by atoms with Gasteiger partial charge in [-0.2, -0.15) is 0 Å². The molecule has 0 saturated carbocycles. The molecule has 0 bridgehead atoms. The number of hydrogen-bond acceptors (Lipinski definition) is 3. The van der Waals surface area contributed by atoms with Crippen molar-refractivity contribution in [2.45, 2.75) is 6.92 Å². The van der Waals surface area contributed by atoms with Gasteiger partial charge in [-0.3, -0.25) is 4.98 Å². The highest BCUT2D eigenvalue weighted by atomic mass is 35.5. The lowest BCUT2D eigenvalue weighted by Gasteiger charge is -2.07. The topological polar surface area (TPSA) is 39.2 Å². The van der Waals surface area contributed by atoms with Gasteiger partial charge in [0.2, 0.25) is 0 Å². The number of fused-ring (bicyclic) bond motifs is 1. The zero-order valence-electron chi connectivity index (χ0n) is 9.34. The number of esters is 1. The highest BCUT2D eigenvalue weighted by Gasteiger charge is 2.17. The van der Waals surface area contributed by atoms with Gasteiger partial charge in [-0.25, -0.2) is 13.6 Å². The minimum absolute atomic E-state index is 0.0176. The average Bonchev–Trinajstić information content (AvgIpc) is 2.30. The van der Waals surface area contributed by atoms with E-state index in [0.717, 1.165) is 12.3 Å². The predicted molar refractivity (Wildman–Crippen MR) is 62.6 cm³/mol. The lowest BCUT2D eigenvalue weighted by molar-refractivity contribution is 0.0526. The molecule has 0 amide bonds. The van der Waals surface area contributed by atoms with Gasteiger partial charge < -0.3 is 4.74 Å². The molecule has 0 saturated heterocycles. The van der Waals surface area contributed by atoms with Crippen LogP contribution in [0.2, 0.25) is 5.02 Å². The molecule has 0 radical (unpaired) electrons. The van der Waals surface area contributed by atoms with E-state index in [-0.39, 0.29) is 28.1 Å². The Morgan fingerprint density at radius 3 is 2.83 bits per heavy atom. The Bertz CT molecular complexity index is 631. The number of halogens is 3. The SMILES string of the molecule is CCOC(=O)c1cnc2c(F)cc(F)cc2c1Cl. The third kappa shape index (κ3) is 2.13. The Morgan fingerprint density at radius 2 is 2.17 bits per heavy atom. The quantitative estimate of drug-likeness (QED) is 0.787. The van der Waals surface area contributed by atoms with Crippen molar-refractivity contribution in [1.82, 2.24) is 4.98 Å². The summed E-state index contributed by atoms with van der Waals surface area (Å²) >= 11 is 5.94. The standard InChI is InChI=1S/C12H8ClF2NO2/c1-2-18-12(17)8-5-16-11-7(10(8)13)3-6(14)4-9(11)15/h3-5H,2H2,1H3. The fourth-order valence-electron chi connectivity index (χ4n) is 1.55. The van der Waals surface area contributed by atoms with Crippen LogP contribution in [0.4, 0.5) is 8.78 Å². The smallest absolute Gasteiger partial charge is 0.341 e. The fourth-order valence-corrected chi connectivity index (χ4v) is 1.82. The van der Waals surface area contributed by atoms with E-state index in [0.29, 0.717) is 6.07 Å². The van der Waals surface area contributed by atoms with Crippen LogP contribution < -0.4 is 0 Å². The lowest BCUT2D eigenvalue weighted by Crippen LogP contribution is -2.06. The highest BCUT2D eigenvalue weighted by molar-refractivity contribution is 6.38. The van der Waals surface area contributed by atoms with Crippen molar-refractivity contribution in [3.8, 4) is 0 Å². The first-order valence-electron chi connectivity index (χ1n) is 5.15. The second-order valence-corrected chi connectivity index (χ2v) is 3.87. The molecule has 0 atom stereocenters. The van der Waals surface area contributed by atoms with Crippen LogP contribution in [0.15, 0.2) is 18.3 Å². The number of pyridine rings is 1. The van der Waals surface area contributed by atoms with E-state index in [1.54, 1.807) is 6.92 Å². The van der Waals surface area contributed by atoms with Crippen LogP contribution in [0, 0.1) is 11.6 Å². The van der Waals surface area contributed by atoms with E-state index in [2.05, 4.69) is 4.98 Å². The van der Waals surface area contributed by atoms with Crippen LogP contribution >= 0.6 is 11.6 Å². The van der Waals surface area contributed by atoms with E-state index in [1.807, 2.05) is 0 Å². The zero-order chi connectivity index (χ0) is 13.3. The summed E-state index contributed by atoms with van der Waals surface area (Å²) in [6.45, 7) is 1.81. The Balaban J connectivity index is 2.67. The molecular formula is C12H8ClF2NO2. The summed E-state index contributed by atoms with van der Waals surface area (Å²) in [7, 11) is 0. The predicted octanol–water partition coefficient (Wildman–Crippen LogP) is 3.34. The van der Waals surface area contributed by atoms with Gasteiger partial charge in [0.05, 0.1) is 17.2 Å². The van der Waals surface area contributed by atoms with Gasteiger partial charge in [0.1, 0.15) is 11.3 Å². The van der Waals surface area contributed by atoms with Crippen molar-refractivity contribution in [2.24, 2.45) is 0 Å². The second kappa shape index (κ2) is 4.86. The minimum Gasteiger partial charge on any atom is -0.462 e. The molecule has 1 aromatic heterocycles. The van der Waals surface area contributed by atoms with E-state index in [9.17, 15) is 13.6 Å². The Hall–Kier alpha value is -1.75. The summed E-state index contributed by atoms with van der Waals surface area (Å²) in [4.78, 5) is 15.3. The maximum Gasteiger partial charge on any atom is 0.341 e. The molecule has 94 valence electrons. The zero-order valence-corrected chi connectivity index (χ0v) is 10.1. The van der Waals surface area contributed by atoms with Crippen LogP contribution in [-0.4, -0.2) is 17.6 Å². The van der Waals surface area contributed by atoms with Crippen molar-refractivity contribution in [1.29, 1.82) is 0 Å². The van der Waals surface area contributed by atoms with Gasteiger partial charge in [0.25, 0.3) is 0 Å². The van der Waals surface area contributed by atoms with Crippen LogP contribution in [0.25, 0.3) is 10.9 Å². The summed E-state index contributed by atoms with van der Waals surface area (Å²) in [6, 6.07) is 1.73. The number of aromatic nitrogens is 1. The van der Waals surface area contributed by atoms with Crippen molar-refractivity contribution in [2.75, 3.05) is 6.61 Å². The maximum atomic E-state index is 13.4. The van der Waals surface area contributed by atoms with E-state index >= 15 is 0 Å². The molecule has 0 fully saturated rings. The number of rotatable bonds is 2. The summed E-state index contributed by atoms with van der Waals surface area (Å²) in [5, 5.41) is -0.0310. The highest BCUT2D eigenvalue weighted by Crippen LogP contribution is 2.28. The van der Waals surface area contributed by atoms with Crippen molar-refractivity contribution in [3.05, 3.63) is 40.6 Å². The number of hydrogen-bond donors (Lipinski definition) is 0. The molecule has 0 aliphatic rings. The molecule has 6 heteroatoms. The number of benzene rings is 1.